The minimum absolute atomic E-state index is 0.0345. The van der Waals surface area contributed by atoms with Gasteiger partial charge in [-0.15, -0.1) is 0 Å². The second-order valence-corrected chi connectivity index (χ2v) is 10.4. The smallest absolute Gasteiger partial charge is 0.407 e. The molecule has 0 radical (unpaired) electrons. The Morgan fingerprint density at radius 2 is 1.31 bits per heavy atom. The average Bonchev–Trinajstić information content (AvgIpc) is 2.87. The van der Waals surface area contributed by atoms with Crippen LogP contribution in [-0.4, -0.2) is 133 Å². The topological polar surface area (TPSA) is 177 Å². The van der Waals surface area contributed by atoms with E-state index in [4.69, 9.17) is 33.2 Å². The van der Waals surface area contributed by atoms with Crippen LogP contribution in [0.3, 0.4) is 0 Å². The molecule has 0 spiro atoms. The van der Waals surface area contributed by atoms with E-state index in [9.17, 15) is 24.0 Å². The number of amides is 2. The van der Waals surface area contributed by atoms with Crippen molar-refractivity contribution in [3.8, 4) is 0 Å². The highest BCUT2D eigenvalue weighted by Gasteiger charge is 2.16. The fraction of sp³-hybridized carbons (Fsp3) is 0.815. The summed E-state index contributed by atoms with van der Waals surface area (Å²) < 4.78 is 36.0. The molecule has 2 amide bonds. The predicted molar refractivity (Wildman–Crippen MR) is 150 cm³/mol. The highest BCUT2D eigenvalue weighted by molar-refractivity contribution is 5.77. The average molecular weight is 608 g/mol. The van der Waals surface area contributed by atoms with E-state index in [-0.39, 0.29) is 65.1 Å². The number of hydrogen-bond donors (Lipinski definition) is 2. The lowest BCUT2D eigenvalue weighted by molar-refractivity contribution is -0.150. The van der Waals surface area contributed by atoms with Crippen molar-refractivity contribution in [3.63, 3.8) is 0 Å². The Labute approximate surface area is 248 Å². The Bertz CT molecular complexity index is 802. The monoisotopic (exact) mass is 607 g/mol. The third kappa shape index (κ3) is 27.2. The second-order valence-electron chi connectivity index (χ2n) is 10.4. The van der Waals surface area contributed by atoms with Gasteiger partial charge in [0.15, 0.2) is 0 Å². The van der Waals surface area contributed by atoms with Crippen LogP contribution in [-0.2, 0) is 52.3 Å². The second kappa shape index (κ2) is 23.5. The van der Waals surface area contributed by atoms with Crippen molar-refractivity contribution in [3.05, 3.63) is 0 Å². The van der Waals surface area contributed by atoms with Gasteiger partial charge in [-0.05, 0) is 26.7 Å². The highest BCUT2D eigenvalue weighted by Crippen LogP contribution is 2.06. The van der Waals surface area contributed by atoms with E-state index in [1.165, 1.54) is 6.92 Å². The van der Waals surface area contributed by atoms with Crippen molar-refractivity contribution >= 4 is 29.9 Å². The van der Waals surface area contributed by atoms with Gasteiger partial charge in [-0.2, -0.15) is 0 Å². The van der Waals surface area contributed by atoms with Crippen LogP contribution < -0.4 is 10.6 Å². The van der Waals surface area contributed by atoms with Crippen LogP contribution in [0.1, 0.15) is 41.5 Å². The van der Waals surface area contributed by atoms with Crippen LogP contribution in [0.4, 0.5) is 4.79 Å². The lowest BCUT2D eigenvalue weighted by Crippen LogP contribution is -2.37. The molecule has 0 heterocycles. The van der Waals surface area contributed by atoms with Crippen LogP contribution in [0.2, 0.25) is 0 Å². The fourth-order valence-corrected chi connectivity index (χ4v) is 2.81. The quantitative estimate of drug-likeness (QED) is 0.0921. The first-order valence-electron chi connectivity index (χ1n) is 13.9. The molecular formula is C27H49N3O12. The van der Waals surface area contributed by atoms with Gasteiger partial charge in [-0.25, -0.2) is 9.59 Å². The first-order valence-corrected chi connectivity index (χ1v) is 13.9. The summed E-state index contributed by atoms with van der Waals surface area (Å²) in [5.74, 6) is -1.78. The third-order valence-electron chi connectivity index (χ3n) is 4.62. The summed E-state index contributed by atoms with van der Waals surface area (Å²) in [6, 6.07) is 0. The summed E-state index contributed by atoms with van der Waals surface area (Å²) in [5.41, 5.74) is -0.557. The molecule has 0 aromatic rings. The number of rotatable bonds is 23. The summed E-state index contributed by atoms with van der Waals surface area (Å²) in [7, 11) is 0. The molecule has 0 fully saturated rings. The molecule has 0 aromatic carbocycles. The van der Waals surface area contributed by atoms with Crippen molar-refractivity contribution in [2.75, 3.05) is 92.2 Å². The molecule has 15 nitrogen and oxygen atoms in total. The Hall–Kier alpha value is -3.01. The zero-order valence-electron chi connectivity index (χ0n) is 25.8. The van der Waals surface area contributed by atoms with Crippen LogP contribution in [0, 0.1) is 5.92 Å². The zero-order valence-corrected chi connectivity index (χ0v) is 25.8. The Morgan fingerprint density at radius 3 is 1.88 bits per heavy atom. The molecule has 0 aliphatic carbocycles. The fourth-order valence-electron chi connectivity index (χ4n) is 2.81. The number of esters is 3. The van der Waals surface area contributed by atoms with E-state index in [1.54, 1.807) is 25.7 Å². The number of carbonyl (C=O) groups is 5. The normalized spacial score (nSPS) is 11.2. The van der Waals surface area contributed by atoms with Gasteiger partial charge in [0.05, 0.1) is 39.6 Å². The SMILES string of the molecule is CC(=O)OCCN(CCOC(=O)COCC(=O)NCCOCCOCCNC(=O)OC(C)(C)C)CC(=O)OCC(C)C. The summed E-state index contributed by atoms with van der Waals surface area (Å²) in [4.78, 5) is 59.9. The maximum absolute atomic E-state index is 12.0. The first-order chi connectivity index (χ1) is 19.8. The number of nitrogens with one attached hydrogen (secondary N) is 2. The van der Waals surface area contributed by atoms with Gasteiger partial charge in [0.1, 0.15) is 32.0 Å². The van der Waals surface area contributed by atoms with Gasteiger partial charge < -0.3 is 43.8 Å². The van der Waals surface area contributed by atoms with Crippen molar-refractivity contribution in [2.24, 2.45) is 5.92 Å². The number of nitrogens with zero attached hydrogens (tertiary/aromatic N) is 1. The molecule has 0 saturated heterocycles. The molecule has 0 atom stereocenters. The van der Waals surface area contributed by atoms with Gasteiger partial charge in [0.2, 0.25) is 5.91 Å². The summed E-state index contributed by atoms with van der Waals surface area (Å²) in [6.45, 7) is 12.2. The number of carbonyl (C=O) groups excluding carboxylic acids is 5. The molecular weight excluding hydrogens is 558 g/mol. The Morgan fingerprint density at radius 1 is 0.714 bits per heavy atom. The highest BCUT2D eigenvalue weighted by atomic mass is 16.6. The van der Waals surface area contributed by atoms with E-state index in [0.29, 0.717) is 26.4 Å². The van der Waals surface area contributed by atoms with Crippen LogP contribution in [0.5, 0.6) is 0 Å². The van der Waals surface area contributed by atoms with E-state index in [0.717, 1.165) is 0 Å². The molecule has 0 aliphatic heterocycles. The molecule has 15 heteroatoms. The Kier molecular flexibility index (Phi) is 21.9. The van der Waals surface area contributed by atoms with Crippen LogP contribution >= 0.6 is 0 Å². The number of alkyl carbamates (subject to hydrolysis) is 1. The zero-order chi connectivity index (χ0) is 31.8. The molecule has 0 unspecified atom stereocenters. The van der Waals surface area contributed by atoms with Crippen molar-refractivity contribution in [2.45, 2.75) is 47.1 Å². The molecule has 0 rings (SSSR count). The summed E-state index contributed by atoms with van der Waals surface area (Å²) >= 11 is 0. The Balaban J connectivity index is 3.89. The van der Waals surface area contributed by atoms with Crippen molar-refractivity contribution < 1.29 is 57.1 Å². The van der Waals surface area contributed by atoms with Gasteiger partial charge >= 0.3 is 24.0 Å². The maximum atomic E-state index is 12.0. The van der Waals surface area contributed by atoms with E-state index in [2.05, 4.69) is 10.6 Å². The molecule has 0 saturated carbocycles. The first kappa shape index (κ1) is 39.0. The largest absolute Gasteiger partial charge is 0.465 e. The van der Waals surface area contributed by atoms with E-state index < -0.39 is 42.1 Å². The lowest BCUT2D eigenvalue weighted by atomic mass is 10.2. The van der Waals surface area contributed by atoms with Crippen LogP contribution in [0.25, 0.3) is 0 Å². The van der Waals surface area contributed by atoms with Gasteiger partial charge in [0, 0.05) is 33.1 Å². The molecule has 2 N–H and O–H groups in total. The van der Waals surface area contributed by atoms with Crippen molar-refractivity contribution in [1.29, 1.82) is 0 Å². The molecule has 0 aromatic heterocycles. The maximum Gasteiger partial charge on any atom is 0.407 e. The molecule has 0 bridgehead atoms. The van der Waals surface area contributed by atoms with Crippen LogP contribution in [0.15, 0.2) is 0 Å². The lowest BCUT2D eigenvalue weighted by Gasteiger charge is -2.21. The summed E-state index contributed by atoms with van der Waals surface area (Å²) in [5, 5.41) is 5.17. The van der Waals surface area contributed by atoms with Crippen molar-refractivity contribution in [1.82, 2.24) is 15.5 Å². The minimum Gasteiger partial charge on any atom is -0.465 e. The third-order valence-corrected chi connectivity index (χ3v) is 4.62. The van der Waals surface area contributed by atoms with Gasteiger partial charge in [-0.3, -0.25) is 19.3 Å². The predicted octanol–water partition coefficient (Wildman–Crippen LogP) is 0.285. The van der Waals surface area contributed by atoms with Gasteiger partial charge in [-0.1, -0.05) is 13.8 Å². The molecule has 244 valence electrons. The number of ether oxygens (including phenoxy) is 7. The molecule has 42 heavy (non-hydrogen) atoms. The van der Waals surface area contributed by atoms with E-state index in [1.807, 2.05) is 13.8 Å². The summed E-state index contributed by atoms with van der Waals surface area (Å²) in [6.07, 6.45) is -0.507. The number of hydrogen-bond acceptors (Lipinski definition) is 13. The minimum atomic E-state index is -0.672. The standard InChI is InChI=1S/C27H49N3O12/c1-21(2)18-41-24(33)17-30(9-13-39-22(3)31)10-14-40-25(34)20-38-19-23(32)28-7-11-36-15-16-37-12-8-29-26(35)42-27(4,5)6/h21H,7-20H2,1-6H3,(H,28,32)(H,29,35). The van der Waals surface area contributed by atoms with E-state index >= 15 is 0 Å². The molecule has 0 aliphatic rings. The van der Waals surface area contributed by atoms with Gasteiger partial charge in [0.25, 0.3) is 0 Å².